The SMILES string of the molecule is COc1cc(OC)c(C(O)C2CCC(C)CC2)c(OC)c1. The Balaban J connectivity index is 2.32. The molecular formula is C17H26O4. The normalized spacial score (nSPS) is 23.5. The molecule has 0 heterocycles. The van der Waals surface area contributed by atoms with Crippen LogP contribution in [0.15, 0.2) is 12.1 Å². The van der Waals surface area contributed by atoms with E-state index in [1.54, 1.807) is 33.5 Å². The van der Waals surface area contributed by atoms with Crippen molar-refractivity contribution in [2.45, 2.75) is 38.7 Å². The van der Waals surface area contributed by atoms with E-state index < -0.39 is 6.10 Å². The summed E-state index contributed by atoms with van der Waals surface area (Å²) in [5.41, 5.74) is 0.736. The summed E-state index contributed by atoms with van der Waals surface area (Å²) in [5.74, 6) is 2.93. The van der Waals surface area contributed by atoms with E-state index >= 15 is 0 Å². The van der Waals surface area contributed by atoms with E-state index in [2.05, 4.69) is 6.92 Å². The van der Waals surface area contributed by atoms with E-state index in [9.17, 15) is 5.11 Å². The number of aliphatic hydroxyl groups excluding tert-OH is 1. The molecule has 4 nitrogen and oxygen atoms in total. The van der Waals surface area contributed by atoms with Crippen LogP contribution in [-0.4, -0.2) is 26.4 Å². The first kappa shape index (κ1) is 16.0. The molecular weight excluding hydrogens is 268 g/mol. The Kier molecular flexibility index (Phi) is 5.34. The number of hydrogen-bond donors (Lipinski definition) is 1. The van der Waals surface area contributed by atoms with Gasteiger partial charge in [-0.05, 0) is 24.7 Å². The summed E-state index contributed by atoms with van der Waals surface area (Å²) in [7, 11) is 4.81. The minimum absolute atomic E-state index is 0.261. The Labute approximate surface area is 127 Å². The maximum Gasteiger partial charge on any atom is 0.132 e. The third kappa shape index (κ3) is 3.43. The zero-order valence-electron chi connectivity index (χ0n) is 13.4. The molecule has 1 saturated carbocycles. The van der Waals surface area contributed by atoms with Crippen molar-refractivity contribution in [2.24, 2.45) is 11.8 Å². The predicted molar refractivity (Wildman–Crippen MR) is 82.2 cm³/mol. The third-order valence-electron chi connectivity index (χ3n) is 4.56. The molecule has 21 heavy (non-hydrogen) atoms. The molecule has 0 amide bonds. The summed E-state index contributed by atoms with van der Waals surface area (Å²) < 4.78 is 16.1. The zero-order valence-corrected chi connectivity index (χ0v) is 13.4. The molecule has 1 fully saturated rings. The molecule has 0 aliphatic heterocycles. The molecule has 1 unspecified atom stereocenters. The number of aliphatic hydroxyl groups is 1. The van der Waals surface area contributed by atoms with Gasteiger partial charge in [0.1, 0.15) is 17.2 Å². The molecule has 1 aliphatic rings. The summed E-state index contributed by atoms with van der Waals surface area (Å²) >= 11 is 0. The smallest absolute Gasteiger partial charge is 0.132 e. The van der Waals surface area contributed by atoms with Gasteiger partial charge in [-0.15, -0.1) is 0 Å². The molecule has 0 spiro atoms. The lowest BCUT2D eigenvalue weighted by molar-refractivity contribution is 0.0711. The van der Waals surface area contributed by atoms with Crippen LogP contribution in [-0.2, 0) is 0 Å². The Morgan fingerprint density at radius 2 is 1.48 bits per heavy atom. The maximum atomic E-state index is 10.8. The Morgan fingerprint density at radius 1 is 0.952 bits per heavy atom. The van der Waals surface area contributed by atoms with Gasteiger partial charge in [0.25, 0.3) is 0 Å². The van der Waals surface area contributed by atoms with Crippen molar-refractivity contribution in [1.82, 2.24) is 0 Å². The number of ether oxygens (including phenoxy) is 3. The average Bonchev–Trinajstić information content (AvgIpc) is 2.53. The second kappa shape index (κ2) is 7.03. The van der Waals surface area contributed by atoms with E-state index in [1.807, 2.05) is 0 Å². The molecule has 1 aliphatic carbocycles. The van der Waals surface area contributed by atoms with Gasteiger partial charge in [-0.2, -0.15) is 0 Å². The molecule has 1 N–H and O–H groups in total. The van der Waals surface area contributed by atoms with Crippen molar-refractivity contribution in [1.29, 1.82) is 0 Å². The minimum atomic E-state index is -0.562. The average molecular weight is 294 g/mol. The number of benzene rings is 1. The fourth-order valence-corrected chi connectivity index (χ4v) is 3.16. The van der Waals surface area contributed by atoms with Gasteiger partial charge in [0, 0.05) is 12.1 Å². The highest BCUT2D eigenvalue weighted by atomic mass is 16.5. The van der Waals surface area contributed by atoms with Crippen molar-refractivity contribution in [3.05, 3.63) is 17.7 Å². The van der Waals surface area contributed by atoms with Gasteiger partial charge in [-0.1, -0.05) is 19.8 Å². The van der Waals surface area contributed by atoms with Gasteiger partial charge in [-0.3, -0.25) is 0 Å². The first-order valence-electron chi connectivity index (χ1n) is 7.58. The van der Waals surface area contributed by atoms with Crippen LogP contribution in [0.4, 0.5) is 0 Å². The van der Waals surface area contributed by atoms with Crippen molar-refractivity contribution >= 4 is 0 Å². The largest absolute Gasteiger partial charge is 0.496 e. The van der Waals surface area contributed by atoms with Gasteiger partial charge in [0.05, 0.1) is 33.0 Å². The highest BCUT2D eigenvalue weighted by molar-refractivity contribution is 5.52. The number of methoxy groups -OCH3 is 3. The van der Waals surface area contributed by atoms with Crippen LogP contribution in [0.25, 0.3) is 0 Å². The molecule has 2 rings (SSSR count). The Hall–Kier alpha value is -1.42. The molecule has 0 radical (unpaired) electrons. The lowest BCUT2D eigenvalue weighted by atomic mass is 9.78. The van der Waals surface area contributed by atoms with Crippen LogP contribution in [0.5, 0.6) is 17.2 Å². The fourth-order valence-electron chi connectivity index (χ4n) is 3.16. The standard InChI is InChI=1S/C17H26O4/c1-11-5-7-12(8-6-11)17(18)16-14(20-3)9-13(19-2)10-15(16)21-4/h9-12,17-18H,5-8H2,1-4H3. The summed E-state index contributed by atoms with van der Waals surface area (Å²) in [4.78, 5) is 0. The van der Waals surface area contributed by atoms with Gasteiger partial charge < -0.3 is 19.3 Å². The highest BCUT2D eigenvalue weighted by Crippen LogP contribution is 2.44. The predicted octanol–water partition coefficient (Wildman–Crippen LogP) is 3.57. The quantitative estimate of drug-likeness (QED) is 0.902. The van der Waals surface area contributed by atoms with Gasteiger partial charge in [-0.25, -0.2) is 0 Å². The molecule has 0 aromatic heterocycles. The molecule has 0 saturated heterocycles. The van der Waals surface area contributed by atoms with E-state index in [0.29, 0.717) is 17.2 Å². The monoisotopic (exact) mass is 294 g/mol. The van der Waals surface area contributed by atoms with Gasteiger partial charge in [0.15, 0.2) is 0 Å². The highest BCUT2D eigenvalue weighted by Gasteiger charge is 2.30. The topological polar surface area (TPSA) is 47.9 Å². The lowest BCUT2D eigenvalue weighted by Gasteiger charge is -2.31. The summed E-state index contributed by atoms with van der Waals surface area (Å²) in [6.07, 6.45) is 3.86. The zero-order chi connectivity index (χ0) is 15.4. The van der Waals surface area contributed by atoms with Crippen LogP contribution < -0.4 is 14.2 Å². The van der Waals surface area contributed by atoms with E-state index in [1.165, 1.54) is 12.8 Å². The van der Waals surface area contributed by atoms with Crippen LogP contribution in [0, 0.1) is 11.8 Å². The molecule has 118 valence electrons. The third-order valence-corrected chi connectivity index (χ3v) is 4.56. The van der Waals surface area contributed by atoms with Crippen LogP contribution in [0.2, 0.25) is 0 Å². The molecule has 1 atom stereocenters. The van der Waals surface area contributed by atoms with E-state index in [-0.39, 0.29) is 5.92 Å². The molecule has 4 heteroatoms. The van der Waals surface area contributed by atoms with Crippen molar-refractivity contribution in [2.75, 3.05) is 21.3 Å². The second-order valence-corrected chi connectivity index (χ2v) is 5.91. The summed E-state index contributed by atoms with van der Waals surface area (Å²) in [6, 6.07) is 3.60. The minimum Gasteiger partial charge on any atom is -0.496 e. The number of rotatable bonds is 5. The summed E-state index contributed by atoms with van der Waals surface area (Å²) in [6.45, 7) is 2.27. The fraction of sp³-hybridized carbons (Fsp3) is 0.647. The second-order valence-electron chi connectivity index (χ2n) is 5.91. The van der Waals surface area contributed by atoms with Gasteiger partial charge >= 0.3 is 0 Å². The Bertz CT molecular complexity index is 439. The first-order chi connectivity index (χ1) is 10.1. The Morgan fingerprint density at radius 3 is 1.90 bits per heavy atom. The summed E-state index contributed by atoms with van der Waals surface area (Å²) in [5, 5.41) is 10.8. The maximum absolute atomic E-state index is 10.8. The lowest BCUT2D eigenvalue weighted by Crippen LogP contribution is -2.20. The van der Waals surface area contributed by atoms with Crippen molar-refractivity contribution in [3.8, 4) is 17.2 Å². The molecule has 0 bridgehead atoms. The van der Waals surface area contributed by atoms with Crippen LogP contribution in [0.3, 0.4) is 0 Å². The first-order valence-corrected chi connectivity index (χ1v) is 7.58. The van der Waals surface area contributed by atoms with Crippen molar-refractivity contribution < 1.29 is 19.3 Å². The van der Waals surface area contributed by atoms with Crippen molar-refractivity contribution in [3.63, 3.8) is 0 Å². The molecule has 1 aromatic carbocycles. The van der Waals surface area contributed by atoms with E-state index in [0.717, 1.165) is 24.3 Å². The van der Waals surface area contributed by atoms with Crippen LogP contribution >= 0.6 is 0 Å². The van der Waals surface area contributed by atoms with Crippen LogP contribution in [0.1, 0.15) is 44.3 Å². The number of hydrogen-bond acceptors (Lipinski definition) is 4. The molecule has 1 aromatic rings. The van der Waals surface area contributed by atoms with E-state index in [4.69, 9.17) is 14.2 Å². The van der Waals surface area contributed by atoms with Gasteiger partial charge in [0.2, 0.25) is 0 Å².